The number of hydrogen-bond donors (Lipinski definition) is 2. The zero-order valence-electron chi connectivity index (χ0n) is 10.3. The molecule has 8 nitrogen and oxygen atoms in total. The van der Waals surface area contributed by atoms with Gasteiger partial charge in [-0.25, -0.2) is 4.79 Å². The predicted octanol–water partition coefficient (Wildman–Crippen LogP) is 0.849. The normalized spacial score (nSPS) is 26.7. The zero-order valence-corrected chi connectivity index (χ0v) is 10.3. The molecule has 1 aliphatic rings. The van der Waals surface area contributed by atoms with E-state index >= 15 is 0 Å². The molecule has 0 saturated carbocycles. The molecule has 0 aliphatic heterocycles. The second-order valence-corrected chi connectivity index (χ2v) is 3.69. The molecule has 1 aliphatic carbocycles. The Morgan fingerprint density at radius 1 is 1.58 bits per heavy atom. The first-order valence-electron chi connectivity index (χ1n) is 5.15. The molecule has 8 heteroatoms. The lowest BCUT2D eigenvalue weighted by atomic mass is 9.84. The second kappa shape index (κ2) is 5.53. The Bertz CT molecular complexity index is 479. The van der Waals surface area contributed by atoms with Crippen molar-refractivity contribution in [3.63, 3.8) is 0 Å². The first kappa shape index (κ1) is 14.7. The van der Waals surface area contributed by atoms with Crippen molar-refractivity contribution >= 4 is 5.97 Å². The summed E-state index contributed by atoms with van der Waals surface area (Å²) in [7, 11) is 2.40. The number of methoxy groups -OCH3 is 2. The van der Waals surface area contributed by atoms with E-state index in [4.69, 9.17) is 19.7 Å². The number of ether oxygens (including phenoxy) is 2. The van der Waals surface area contributed by atoms with Crippen molar-refractivity contribution in [3.8, 4) is 0 Å². The lowest BCUT2D eigenvalue weighted by Gasteiger charge is -2.29. The number of aliphatic hydroxyl groups excluding tert-OH is 1. The van der Waals surface area contributed by atoms with Gasteiger partial charge in [-0.3, -0.25) is 10.1 Å². The van der Waals surface area contributed by atoms with E-state index in [2.05, 4.69) is 0 Å². The standard InChI is InChI=1S/C11H13NO7/c1-18-7-3-4-9(8(6-13)10(14)15)11(5-7,19-2)12(16)17/h3-6,9,13H,1-2H3,(H,14,15)/b8-6-. The third-order valence-electron chi connectivity index (χ3n) is 2.82. The molecule has 0 bridgehead atoms. The highest BCUT2D eigenvalue weighted by Crippen LogP contribution is 2.36. The Kier molecular flexibility index (Phi) is 4.28. The molecule has 2 N–H and O–H groups in total. The van der Waals surface area contributed by atoms with Gasteiger partial charge in [-0.2, -0.15) is 0 Å². The molecule has 2 atom stereocenters. The molecule has 1 rings (SSSR count). The fourth-order valence-electron chi connectivity index (χ4n) is 1.82. The van der Waals surface area contributed by atoms with Crippen molar-refractivity contribution < 1.29 is 29.4 Å². The summed E-state index contributed by atoms with van der Waals surface area (Å²) in [5.74, 6) is -2.60. The molecule has 0 saturated heterocycles. The van der Waals surface area contributed by atoms with Crippen LogP contribution in [-0.4, -0.2) is 41.1 Å². The van der Waals surface area contributed by atoms with Crippen LogP contribution < -0.4 is 0 Å². The minimum atomic E-state index is -2.15. The van der Waals surface area contributed by atoms with Gasteiger partial charge in [0.25, 0.3) is 0 Å². The van der Waals surface area contributed by atoms with Crippen LogP contribution in [0, 0.1) is 16.0 Å². The Morgan fingerprint density at radius 2 is 2.21 bits per heavy atom. The summed E-state index contributed by atoms with van der Waals surface area (Å²) in [6.45, 7) is 0. The molecule has 2 unspecified atom stereocenters. The van der Waals surface area contributed by atoms with E-state index < -0.39 is 28.1 Å². The lowest BCUT2D eigenvalue weighted by molar-refractivity contribution is -0.617. The van der Waals surface area contributed by atoms with E-state index in [0.717, 1.165) is 13.2 Å². The van der Waals surface area contributed by atoms with E-state index in [1.165, 1.54) is 19.3 Å². The number of carboxylic acids is 1. The van der Waals surface area contributed by atoms with Crippen molar-refractivity contribution in [1.82, 2.24) is 0 Å². The maximum atomic E-state index is 11.3. The first-order chi connectivity index (χ1) is 8.92. The monoisotopic (exact) mass is 271 g/mol. The van der Waals surface area contributed by atoms with Crippen LogP contribution in [0.4, 0.5) is 0 Å². The number of allylic oxidation sites excluding steroid dienone is 1. The number of carboxylic acid groups (broad SMARTS) is 1. The van der Waals surface area contributed by atoms with Crippen molar-refractivity contribution in [2.45, 2.75) is 5.72 Å². The molecule has 104 valence electrons. The van der Waals surface area contributed by atoms with Crippen LogP contribution in [0.1, 0.15) is 0 Å². The van der Waals surface area contributed by atoms with Gasteiger partial charge in [0.1, 0.15) is 11.7 Å². The average Bonchev–Trinajstić information content (AvgIpc) is 2.39. The highest BCUT2D eigenvalue weighted by atomic mass is 16.7. The maximum absolute atomic E-state index is 11.3. The third-order valence-corrected chi connectivity index (χ3v) is 2.82. The number of carbonyl (C=O) groups is 1. The van der Waals surface area contributed by atoms with Crippen molar-refractivity contribution in [3.05, 3.63) is 45.9 Å². The number of aliphatic hydroxyl groups is 1. The van der Waals surface area contributed by atoms with Gasteiger partial charge in [-0.1, -0.05) is 6.08 Å². The number of rotatable bonds is 5. The van der Waals surface area contributed by atoms with Gasteiger partial charge < -0.3 is 19.7 Å². The van der Waals surface area contributed by atoms with Crippen LogP contribution in [0.2, 0.25) is 0 Å². The largest absolute Gasteiger partial charge is 0.515 e. The fourth-order valence-corrected chi connectivity index (χ4v) is 1.82. The first-order valence-corrected chi connectivity index (χ1v) is 5.15. The average molecular weight is 271 g/mol. The summed E-state index contributed by atoms with van der Waals surface area (Å²) in [6.07, 6.45) is 3.99. The van der Waals surface area contributed by atoms with E-state index in [0.29, 0.717) is 6.26 Å². The summed E-state index contributed by atoms with van der Waals surface area (Å²) < 4.78 is 9.78. The Morgan fingerprint density at radius 3 is 2.58 bits per heavy atom. The van der Waals surface area contributed by atoms with Gasteiger partial charge in [-0.15, -0.1) is 0 Å². The Labute approximate surface area is 108 Å². The highest BCUT2D eigenvalue weighted by Gasteiger charge is 2.53. The van der Waals surface area contributed by atoms with E-state index in [-0.39, 0.29) is 5.76 Å². The smallest absolute Gasteiger partial charge is 0.358 e. The lowest BCUT2D eigenvalue weighted by Crippen LogP contribution is -2.48. The quantitative estimate of drug-likeness (QED) is 0.250. The van der Waals surface area contributed by atoms with Crippen LogP contribution in [-0.2, 0) is 14.3 Å². The van der Waals surface area contributed by atoms with E-state index in [1.54, 1.807) is 0 Å². The Balaban J connectivity index is 3.39. The maximum Gasteiger partial charge on any atom is 0.358 e. The predicted molar refractivity (Wildman–Crippen MR) is 62.8 cm³/mol. The molecule has 0 fully saturated rings. The number of nitrogens with zero attached hydrogens (tertiary/aromatic N) is 1. The van der Waals surface area contributed by atoms with Gasteiger partial charge in [0.05, 0.1) is 29.9 Å². The molecule has 19 heavy (non-hydrogen) atoms. The molecule has 0 heterocycles. The zero-order chi connectivity index (χ0) is 14.6. The molecule has 0 aromatic rings. The number of nitro groups is 1. The molecule has 0 aromatic heterocycles. The summed E-state index contributed by atoms with van der Waals surface area (Å²) in [5.41, 5.74) is -2.70. The summed E-state index contributed by atoms with van der Waals surface area (Å²) in [4.78, 5) is 21.5. The van der Waals surface area contributed by atoms with Crippen LogP contribution in [0.25, 0.3) is 0 Å². The second-order valence-electron chi connectivity index (χ2n) is 3.69. The van der Waals surface area contributed by atoms with Crippen LogP contribution in [0.5, 0.6) is 0 Å². The van der Waals surface area contributed by atoms with Crippen molar-refractivity contribution in [1.29, 1.82) is 0 Å². The van der Waals surface area contributed by atoms with E-state index in [9.17, 15) is 14.9 Å². The summed E-state index contributed by atoms with van der Waals surface area (Å²) in [5, 5.41) is 29.2. The summed E-state index contributed by atoms with van der Waals surface area (Å²) in [6, 6.07) is 0. The van der Waals surface area contributed by atoms with Gasteiger partial charge in [0, 0.05) is 7.11 Å². The number of hydrogen-bond acceptors (Lipinski definition) is 6. The third kappa shape index (κ3) is 2.43. The molecule has 0 aromatic carbocycles. The van der Waals surface area contributed by atoms with Gasteiger partial charge in [-0.05, 0) is 6.08 Å². The molecular formula is C11H13NO7. The molecular weight excluding hydrogens is 258 g/mol. The van der Waals surface area contributed by atoms with E-state index in [1.807, 2.05) is 0 Å². The van der Waals surface area contributed by atoms with Gasteiger partial charge in [0.2, 0.25) is 0 Å². The topological polar surface area (TPSA) is 119 Å². The molecule has 0 spiro atoms. The molecule has 0 radical (unpaired) electrons. The van der Waals surface area contributed by atoms with Crippen molar-refractivity contribution in [2.24, 2.45) is 5.92 Å². The highest BCUT2D eigenvalue weighted by molar-refractivity contribution is 5.87. The van der Waals surface area contributed by atoms with Crippen LogP contribution >= 0.6 is 0 Å². The van der Waals surface area contributed by atoms with Gasteiger partial charge in [0.15, 0.2) is 0 Å². The number of aliphatic carboxylic acids is 1. The van der Waals surface area contributed by atoms with Crippen molar-refractivity contribution in [2.75, 3.05) is 14.2 Å². The minimum absolute atomic E-state index is 0.164. The van der Waals surface area contributed by atoms with Crippen LogP contribution in [0.15, 0.2) is 35.8 Å². The molecule has 0 amide bonds. The minimum Gasteiger partial charge on any atom is -0.515 e. The Hall–Kier alpha value is -2.35. The van der Waals surface area contributed by atoms with Gasteiger partial charge >= 0.3 is 11.7 Å². The van der Waals surface area contributed by atoms with Crippen LogP contribution in [0.3, 0.4) is 0 Å². The summed E-state index contributed by atoms with van der Waals surface area (Å²) >= 11 is 0. The SMILES string of the molecule is COC1=CC(OC)([N+](=O)[O-])C(/C(=C/O)C(=O)O)C=C1. The fraction of sp³-hybridized carbons (Fsp3) is 0.364.